The topological polar surface area (TPSA) is 21.3 Å². The van der Waals surface area contributed by atoms with Gasteiger partial charge in [0.05, 0.1) is 7.11 Å². The second-order valence-corrected chi connectivity index (χ2v) is 4.01. The van der Waals surface area contributed by atoms with E-state index in [1.165, 1.54) is 6.07 Å². The quantitative estimate of drug-likeness (QED) is 0.775. The summed E-state index contributed by atoms with van der Waals surface area (Å²) in [7, 11) is 1.62. The number of methoxy groups -OCH3 is 1. The lowest BCUT2D eigenvalue weighted by Crippen LogP contribution is -2.54. The van der Waals surface area contributed by atoms with Gasteiger partial charge in [0, 0.05) is 24.1 Å². The summed E-state index contributed by atoms with van der Waals surface area (Å²) in [6.07, 6.45) is 0. The Morgan fingerprint density at radius 3 is 2.64 bits per heavy atom. The van der Waals surface area contributed by atoms with Crippen LogP contribution in [0.3, 0.4) is 0 Å². The molecular formula is C11H14FNO. The van der Waals surface area contributed by atoms with Gasteiger partial charge in [-0.15, -0.1) is 0 Å². The van der Waals surface area contributed by atoms with Crippen molar-refractivity contribution in [2.75, 3.05) is 20.2 Å². The van der Waals surface area contributed by atoms with Gasteiger partial charge in [-0.05, 0) is 18.2 Å². The van der Waals surface area contributed by atoms with Crippen molar-refractivity contribution in [2.45, 2.75) is 12.3 Å². The summed E-state index contributed by atoms with van der Waals surface area (Å²) in [6, 6.07) is 4.69. The third kappa shape index (κ3) is 1.38. The highest BCUT2D eigenvalue weighted by molar-refractivity contribution is 5.41. The van der Waals surface area contributed by atoms with Gasteiger partial charge in [-0.25, -0.2) is 4.39 Å². The molecule has 0 atom stereocenters. The van der Waals surface area contributed by atoms with Crippen LogP contribution >= 0.6 is 0 Å². The zero-order valence-electron chi connectivity index (χ0n) is 8.43. The molecule has 1 saturated heterocycles. The molecule has 2 rings (SSSR count). The van der Waals surface area contributed by atoms with Crippen molar-refractivity contribution < 1.29 is 9.13 Å². The van der Waals surface area contributed by atoms with E-state index in [4.69, 9.17) is 4.74 Å². The molecule has 1 aliphatic heterocycles. The molecule has 1 aliphatic rings. The number of rotatable bonds is 2. The molecule has 76 valence electrons. The molecule has 0 unspecified atom stereocenters. The average Bonchev–Trinajstić information content (AvgIpc) is 2.14. The van der Waals surface area contributed by atoms with E-state index >= 15 is 0 Å². The Labute approximate surface area is 83.1 Å². The first-order valence-corrected chi connectivity index (χ1v) is 4.70. The van der Waals surface area contributed by atoms with Gasteiger partial charge in [0.25, 0.3) is 0 Å². The SMILES string of the molecule is COc1ccc(F)cc1C1(C)CNC1. The molecule has 3 heteroatoms. The minimum atomic E-state index is -0.200. The molecule has 0 amide bonds. The standard InChI is InChI=1S/C11H14FNO/c1-11(6-13-7-11)9-5-8(12)3-4-10(9)14-2/h3-5,13H,6-7H2,1-2H3. The molecule has 0 aliphatic carbocycles. The van der Waals surface area contributed by atoms with Crippen molar-refractivity contribution in [3.05, 3.63) is 29.6 Å². The van der Waals surface area contributed by atoms with Gasteiger partial charge in [-0.3, -0.25) is 0 Å². The Hall–Kier alpha value is -1.09. The Balaban J connectivity index is 2.43. The number of ether oxygens (including phenoxy) is 1. The van der Waals surface area contributed by atoms with E-state index in [1.807, 2.05) is 0 Å². The summed E-state index contributed by atoms with van der Waals surface area (Å²) in [5, 5.41) is 3.19. The number of benzene rings is 1. The largest absolute Gasteiger partial charge is 0.496 e. The molecular weight excluding hydrogens is 181 g/mol. The van der Waals surface area contributed by atoms with Crippen LogP contribution in [-0.2, 0) is 5.41 Å². The maximum absolute atomic E-state index is 13.1. The maximum Gasteiger partial charge on any atom is 0.123 e. The fraction of sp³-hybridized carbons (Fsp3) is 0.455. The van der Waals surface area contributed by atoms with E-state index in [1.54, 1.807) is 19.2 Å². The Bertz CT molecular complexity index is 347. The van der Waals surface area contributed by atoms with Gasteiger partial charge in [0.2, 0.25) is 0 Å². The van der Waals surface area contributed by atoms with Crippen molar-refractivity contribution in [1.82, 2.24) is 5.32 Å². The van der Waals surface area contributed by atoms with Crippen LogP contribution in [0.15, 0.2) is 18.2 Å². The third-order valence-electron chi connectivity index (χ3n) is 2.84. The van der Waals surface area contributed by atoms with Crippen LogP contribution in [0.1, 0.15) is 12.5 Å². The molecule has 1 heterocycles. The lowest BCUT2D eigenvalue weighted by atomic mass is 9.77. The highest BCUT2D eigenvalue weighted by atomic mass is 19.1. The van der Waals surface area contributed by atoms with Crippen molar-refractivity contribution in [2.24, 2.45) is 0 Å². The number of hydrogen-bond acceptors (Lipinski definition) is 2. The average molecular weight is 195 g/mol. The fourth-order valence-corrected chi connectivity index (χ4v) is 1.84. The highest BCUT2D eigenvalue weighted by Crippen LogP contribution is 2.35. The van der Waals surface area contributed by atoms with Gasteiger partial charge >= 0.3 is 0 Å². The van der Waals surface area contributed by atoms with Crippen molar-refractivity contribution in [3.63, 3.8) is 0 Å². The molecule has 2 nitrogen and oxygen atoms in total. The molecule has 1 aromatic rings. The third-order valence-corrected chi connectivity index (χ3v) is 2.84. The molecule has 0 aromatic heterocycles. The Kier molecular flexibility index (Phi) is 2.19. The van der Waals surface area contributed by atoms with E-state index in [2.05, 4.69) is 12.2 Å². The van der Waals surface area contributed by atoms with Crippen LogP contribution in [-0.4, -0.2) is 20.2 Å². The van der Waals surface area contributed by atoms with Gasteiger partial charge in [0.1, 0.15) is 11.6 Å². The molecule has 0 radical (unpaired) electrons. The number of halogens is 1. The zero-order chi connectivity index (χ0) is 10.2. The molecule has 0 bridgehead atoms. The summed E-state index contributed by atoms with van der Waals surface area (Å²) in [6.45, 7) is 3.88. The van der Waals surface area contributed by atoms with Crippen LogP contribution in [0.4, 0.5) is 4.39 Å². The Morgan fingerprint density at radius 2 is 2.14 bits per heavy atom. The summed E-state index contributed by atoms with van der Waals surface area (Å²) < 4.78 is 18.3. The Morgan fingerprint density at radius 1 is 1.43 bits per heavy atom. The van der Waals surface area contributed by atoms with Gasteiger partial charge in [0.15, 0.2) is 0 Å². The summed E-state index contributed by atoms with van der Waals surface area (Å²) in [5.41, 5.74) is 0.978. The van der Waals surface area contributed by atoms with E-state index in [-0.39, 0.29) is 11.2 Å². The first-order valence-electron chi connectivity index (χ1n) is 4.70. The summed E-state index contributed by atoms with van der Waals surface area (Å²) >= 11 is 0. The number of nitrogens with one attached hydrogen (secondary N) is 1. The van der Waals surface area contributed by atoms with E-state index < -0.39 is 0 Å². The first kappa shape index (κ1) is 9.46. The van der Waals surface area contributed by atoms with Crippen LogP contribution in [0.5, 0.6) is 5.75 Å². The van der Waals surface area contributed by atoms with E-state index in [0.717, 1.165) is 24.4 Å². The lowest BCUT2D eigenvalue weighted by Gasteiger charge is -2.40. The maximum atomic E-state index is 13.1. The molecule has 1 N–H and O–H groups in total. The second kappa shape index (κ2) is 3.24. The van der Waals surface area contributed by atoms with Crippen LogP contribution in [0.2, 0.25) is 0 Å². The fourth-order valence-electron chi connectivity index (χ4n) is 1.84. The lowest BCUT2D eigenvalue weighted by molar-refractivity contribution is 0.290. The summed E-state index contributed by atoms with van der Waals surface area (Å²) in [4.78, 5) is 0. The molecule has 0 spiro atoms. The van der Waals surface area contributed by atoms with Gasteiger partial charge < -0.3 is 10.1 Å². The summed E-state index contributed by atoms with van der Waals surface area (Å²) in [5.74, 6) is 0.573. The predicted molar refractivity (Wildman–Crippen MR) is 53.2 cm³/mol. The predicted octanol–water partition coefficient (Wildman–Crippen LogP) is 1.70. The van der Waals surface area contributed by atoms with Crippen molar-refractivity contribution >= 4 is 0 Å². The molecule has 1 fully saturated rings. The minimum Gasteiger partial charge on any atom is -0.496 e. The molecule has 0 saturated carbocycles. The van der Waals surface area contributed by atoms with E-state index in [0.29, 0.717) is 0 Å². The number of hydrogen-bond donors (Lipinski definition) is 1. The zero-order valence-corrected chi connectivity index (χ0v) is 8.43. The van der Waals surface area contributed by atoms with Crippen LogP contribution in [0, 0.1) is 5.82 Å². The smallest absolute Gasteiger partial charge is 0.123 e. The normalized spacial score (nSPS) is 18.8. The van der Waals surface area contributed by atoms with Gasteiger partial charge in [-0.2, -0.15) is 0 Å². The minimum absolute atomic E-state index is 0.0213. The van der Waals surface area contributed by atoms with Crippen molar-refractivity contribution in [3.8, 4) is 5.75 Å². The van der Waals surface area contributed by atoms with E-state index in [9.17, 15) is 4.39 Å². The molecule has 14 heavy (non-hydrogen) atoms. The van der Waals surface area contributed by atoms with Crippen molar-refractivity contribution in [1.29, 1.82) is 0 Å². The first-order chi connectivity index (χ1) is 6.65. The highest BCUT2D eigenvalue weighted by Gasteiger charge is 2.36. The van der Waals surface area contributed by atoms with Crippen LogP contribution in [0.25, 0.3) is 0 Å². The second-order valence-electron chi connectivity index (χ2n) is 4.01. The van der Waals surface area contributed by atoms with Gasteiger partial charge in [-0.1, -0.05) is 6.92 Å². The van der Waals surface area contributed by atoms with Crippen LogP contribution < -0.4 is 10.1 Å². The molecule has 1 aromatic carbocycles. The monoisotopic (exact) mass is 195 g/mol.